The molecule has 5 aliphatic rings. The molecule has 0 saturated heterocycles. The first-order valence-electron chi connectivity index (χ1n) is 34.3. The lowest BCUT2D eigenvalue weighted by Gasteiger charge is -2.31. The van der Waals surface area contributed by atoms with Crippen molar-refractivity contribution in [2.75, 3.05) is 0 Å². The van der Waals surface area contributed by atoms with Gasteiger partial charge in [-0.2, -0.15) is 0 Å². The molecular formula is C91H54N8S2. The number of nitrogens with zero attached hydrogens (tertiary/aromatic N) is 8. The number of benzene rings is 11. The monoisotopic (exact) mass is 1320 g/mol. The van der Waals surface area contributed by atoms with Crippen LogP contribution in [0.5, 0.6) is 0 Å². The first kappa shape index (κ1) is 56.7. The number of hydrogen-bond acceptors (Lipinski definition) is 10. The summed E-state index contributed by atoms with van der Waals surface area (Å²) in [6.07, 6.45) is 7.16. The quantitative estimate of drug-likeness (QED) is 0.155. The highest BCUT2D eigenvalue weighted by Gasteiger charge is 2.56. The fourth-order valence-electron chi connectivity index (χ4n) is 18.0. The van der Waals surface area contributed by atoms with Crippen LogP contribution in [0.25, 0.3) is 155 Å². The summed E-state index contributed by atoms with van der Waals surface area (Å²) in [5, 5.41) is 2.51. The van der Waals surface area contributed by atoms with E-state index in [0.29, 0.717) is 34.9 Å². The molecule has 6 aromatic heterocycles. The zero-order chi connectivity index (χ0) is 66.5. The SMILES string of the molecule is CC1(C)c2ccccc2-c2ccc(-c3nc(-c4ccc(-c5ccc(-c6nc(-c7ccncc7)nc(-c7ccncc7)n6)c6c5-c5ccccc5C65c6ccccc6-c6c5sc5ccccc65)cc4)nc(-c4ccc5c(c4)-c4c(sc6ccccc46)C54c5ccccc5-c5ccccc54)n3)cc21. The molecule has 22 rings (SSSR count). The fraction of sp³-hybridized carbons (Fsp3) is 0.0549. The zero-order valence-corrected chi connectivity index (χ0v) is 56.2. The van der Waals surface area contributed by atoms with Crippen molar-refractivity contribution in [3.8, 4) is 135 Å². The van der Waals surface area contributed by atoms with Gasteiger partial charge in [-0.15, -0.1) is 22.7 Å². The van der Waals surface area contributed by atoms with Crippen LogP contribution in [0.2, 0.25) is 0 Å². The number of thiophene rings is 2. The van der Waals surface area contributed by atoms with Crippen LogP contribution in [-0.4, -0.2) is 39.9 Å². The lowest BCUT2D eigenvalue weighted by molar-refractivity contribution is 0.660. The molecular weight excluding hydrogens is 1270 g/mol. The Morgan fingerprint density at radius 3 is 1.19 bits per heavy atom. The van der Waals surface area contributed by atoms with Crippen LogP contribution in [0, 0.1) is 0 Å². The highest BCUT2D eigenvalue weighted by atomic mass is 32.1. The number of hydrogen-bond donors (Lipinski definition) is 0. The van der Waals surface area contributed by atoms with Crippen molar-refractivity contribution in [1.29, 1.82) is 0 Å². The summed E-state index contributed by atoms with van der Waals surface area (Å²) >= 11 is 3.81. The van der Waals surface area contributed by atoms with Gasteiger partial charge in [0.25, 0.3) is 0 Å². The Labute approximate surface area is 589 Å². The third-order valence-electron chi connectivity index (χ3n) is 22.2. The van der Waals surface area contributed by atoms with Crippen molar-refractivity contribution in [3.05, 3.63) is 346 Å². The smallest absolute Gasteiger partial charge is 0.164 e. The minimum Gasteiger partial charge on any atom is -0.265 e. The molecule has 101 heavy (non-hydrogen) atoms. The molecule has 0 amide bonds. The van der Waals surface area contributed by atoms with Crippen molar-refractivity contribution >= 4 is 42.8 Å². The van der Waals surface area contributed by atoms with E-state index in [1.807, 2.05) is 46.9 Å². The van der Waals surface area contributed by atoms with Crippen LogP contribution >= 0.6 is 22.7 Å². The topological polar surface area (TPSA) is 103 Å². The maximum absolute atomic E-state index is 5.58. The molecule has 11 aromatic carbocycles. The second-order valence-electron chi connectivity index (χ2n) is 27.6. The standard InChI is InChI=1S/C91H54N8S2/c1-89(2)68-24-10-3-17-58(68)61-37-35-56(50-74(61)89)87-96-83(95-86(97-87)55-36-40-73-67(49-55)79-65-23-9-16-30-76(65)100-81(79)90(73)69-25-11-4-18-59(69)60-19-5-12-26-70(60)90)52-33-31-51(32-34-52)57-38-39-66(88-98-84(53-41-45-92-46-42-53)94-85(99-88)54-43-47-93-48-44-54)80-77(57)62-20-6-13-27-71(62)91(80)72-28-14-7-21-63(72)78-64-22-8-15-29-75(64)101-82(78)91/h3-50H,1-2H3. The minimum atomic E-state index is -0.747. The molecule has 0 bridgehead atoms. The van der Waals surface area contributed by atoms with Crippen molar-refractivity contribution in [2.24, 2.45) is 0 Å². The third-order valence-corrected chi connectivity index (χ3v) is 24.8. The summed E-state index contributed by atoms with van der Waals surface area (Å²) in [6.45, 7) is 4.66. The molecule has 0 aliphatic heterocycles. The van der Waals surface area contributed by atoms with E-state index >= 15 is 0 Å². The summed E-state index contributed by atoms with van der Waals surface area (Å²) in [7, 11) is 0. The van der Waals surface area contributed by atoms with Gasteiger partial charge >= 0.3 is 0 Å². The molecule has 0 N–H and O–H groups in total. The van der Waals surface area contributed by atoms with Crippen molar-refractivity contribution < 1.29 is 0 Å². The Morgan fingerprint density at radius 2 is 0.614 bits per heavy atom. The molecule has 10 heteroatoms. The highest BCUT2D eigenvalue weighted by Crippen LogP contribution is 2.70. The van der Waals surface area contributed by atoms with E-state index in [4.69, 9.17) is 29.9 Å². The van der Waals surface area contributed by atoms with E-state index < -0.39 is 10.8 Å². The van der Waals surface area contributed by atoms with Crippen LogP contribution in [0.1, 0.15) is 68.1 Å². The van der Waals surface area contributed by atoms with Crippen LogP contribution in [0.3, 0.4) is 0 Å². The van der Waals surface area contributed by atoms with Gasteiger partial charge in [-0.3, -0.25) is 9.97 Å². The first-order chi connectivity index (χ1) is 49.8. The van der Waals surface area contributed by atoms with Crippen molar-refractivity contribution in [3.63, 3.8) is 0 Å². The van der Waals surface area contributed by atoms with Gasteiger partial charge in [-0.05, 0) is 149 Å². The fourth-order valence-corrected chi connectivity index (χ4v) is 20.8. The molecule has 0 fully saturated rings. The lowest BCUT2D eigenvalue weighted by atomic mass is 9.72. The molecule has 0 radical (unpaired) electrons. The summed E-state index contributed by atoms with van der Waals surface area (Å²) in [5.74, 6) is 3.51. The van der Waals surface area contributed by atoms with E-state index in [-0.39, 0.29) is 5.41 Å². The van der Waals surface area contributed by atoms with Gasteiger partial charge in [-0.1, -0.05) is 232 Å². The molecule has 470 valence electrons. The highest BCUT2D eigenvalue weighted by molar-refractivity contribution is 7.20. The van der Waals surface area contributed by atoms with Gasteiger partial charge in [0.05, 0.1) is 10.8 Å². The Hall–Kier alpha value is -12.3. The van der Waals surface area contributed by atoms with E-state index in [1.54, 1.807) is 24.8 Å². The second kappa shape index (κ2) is 20.9. The predicted molar refractivity (Wildman–Crippen MR) is 408 cm³/mol. The summed E-state index contributed by atoms with van der Waals surface area (Å²) < 4.78 is 2.52. The predicted octanol–water partition coefficient (Wildman–Crippen LogP) is 21.9. The van der Waals surface area contributed by atoms with Crippen LogP contribution in [0.4, 0.5) is 0 Å². The Balaban J connectivity index is 0.752. The zero-order valence-electron chi connectivity index (χ0n) is 54.6. The molecule has 0 saturated carbocycles. The normalized spacial score (nSPS) is 15.2. The number of rotatable bonds is 7. The Morgan fingerprint density at radius 1 is 0.248 bits per heavy atom. The van der Waals surface area contributed by atoms with Gasteiger partial charge in [0.15, 0.2) is 34.9 Å². The van der Waals surface area contributed by atoms with Crippen LogP contribution < -0.4 is 0 Å². The van der Waals surface area contributed by atoms with E-state index in [2.05, 4.69) is 266 Å². The molecule has 5 aliphatic carbocycles. The number of fused-ring (bicyclic) bond motifs is 27. The molecule has 6 heterocycles. The maximum atomic E-state index is 5.58. The number of pyridine rings is 2. The average Bonchev–Trinajstić information content (AvgIpc) is 1.49. The second-order valence-corrected chi connectivity index (χ2v) is 29.7. The lowest BCUT2D eigenvalue weighted by Crippen LogP contribution is -2.26. The maximum Gasteiger partial charge on any atom is 0.164 e. The van der Waals surface area contributed by atoms with Gasteiger partial charge in [0, 0.05) is 105 Å². The van der Waals surface area contributed by atoms with Gasteiger partial charge in [-0.25, -0.2) is 29.9 Å². The minimum absolute atomic E-state index is 0.234. The Kier molecular flexibility index (Phi) is 11.7. The summed E-state index contributed by atoms with van der Waals surface area (Å²) in [6, 6.07) is 97.9. The molecule has 8 nitrogen and oxygen atoms in total. The summed E-state index contributed by atoms with van der Waals surface area (Å²) in [5.41, 5.74) is 28.5. The van der Waals surface area contributed by atoms with E-state index in [9.17, 15) is 0 Å². The summed E-state index contributed by atoms with van der Waals surface area (Å²) in [4.78, 5) is 44.2. The average molecular weight is 1320 g/mol. The third kappa shape index (κ3) is 7.67. The molecule has 1 atom stereocenters. The molecule has 2 spiro atoms. The van der Waals surface area contributed by atoms with Gasteiger partial charge in [0.2, 0.25) is 0 Å². The largest absolute Gasteiger partial charge is 0.265 e. The molecule has 1 unspecified atom stereocenters. The van der Waals surface area contributed by atoms with Crippen LogP contribution in [-0.2, 0) is 16.2 Å². The van der Waals surface area contributed by atoms with Crippen molar-refractivity contribution in [2.45, 2.75) is 30.1 Å². The van der Waals surface area contributed by atoms with Crippen LogP contribution in [0.15, 0.2) is 292 Å². The van der Waals surface area contributed by atoms with Gasteiger partial charge in [0.1, 0.15) is 0 Å². The van der Waals surface area contributed by atoms with Gasteiger partial charge < -0.3 is 0 Å². The van der Waals surface area contributed by atoms with E-state index in [1.165, 1.54) is 113 Å². The van der Waals surface area contributed by atoms with E-state index in [0.717, 1.165) is 61.2 Å². The van der Waals surface area contributed by atoms with Crippen molar-refractivity contribution in [1.82, 2.24) is 39.9 Å². The molecule has 17 aromatic rings. The number of aromatic nitrogens is 8. The Bertz CT molecular complexity index is 6350. The first-order valence-corrected chi connectivity index (χ1v) is 35.9.